The molecular formula is C7H8O2W. The Bertz CT molecular complexity index is 153. The van der Waals surface area contributed by atoms with Gasteiger partial charge in [-0.15, -0.1) is 0 Å². The summed E-state index contributed by atoms with van der Waals surface area (Å²) in [5.74, 6) is 0.322. The standard InChI is InChI=1S/C6H6O.CH2O.W/c7-6-4-2-1-3-5-6;1-2;/h1-5,7H;1H2;. The second-order valence-electron chi connectivity index (χ2n) is 1.34. The van der Waals surface area contributed by atoms with Gasteiger partial charge in [0.05, 0.1) is 0 Å². The van der Waals surface area contributed by atoms with E-state index in [0.717, 1.165) is 0 Å². The summed E-state index contributed by atoms with van der Waals surface area (Å²) in [5.41, 5.74) is 0. The molecule has 0 amide bonds. The molecule has 0 aromatic heterocycles. The molecule has 0 bridgehead atoms. The van der Waals surface area contributed by atoms with Crippen molar-refractivity contribution in [2.24, 2.45) is 0 Å². The fraction of sp³-hybridized carbons (Fsp3) is 0. The quantitative estimate of drug-likeness (QED) is 0.782. The number of rotatable bonds is 0. The van der Waals surface area contributed by atoms with Crippen molar-refractivity contribution in [3.8, 4) is 5.75 Å². The van der Waals surface area contributed by atoms with Crippen LogP contribution in [0.2, 0.25) is 0 Å². The summed E-state index contributed by atoms with van der Waals surface area (Å²) in [7, 11) is 0. The molecule has 0 aliphatic carbocycles. The molecule has 0 aliphatic heterocycles. The van der Waals surface area contributed by atoms with Crippen molar-refractivity contribution in [3.63, 3.8) is 0 Å². The summed E-state index contributed by atoms with van der Waals surface area (Å²) in [6.07, 6.45) is 0. The molecule has 1 N–H and O–H groups in total. The Morgan fingerprint density at radius 1 is 1.10 bits per heavy atom. The predicted octanol–water partition coefficient (Wildman–Crippen LogP) is 1.20. The van der Waals surface area contributed by atoms with Gasteiger partial charge in [-0.05, 0) is 12.1 Å². The molecule has 10 heavy (non-hydrogen) atoms. The van der Waals surface area contributed by atoms with E-state index >= 15 is 0 Å². The van der Waals surface area contributed by atoms with E-state index in [1.807, 2.05) is 12.9 Å². The Morgan fingerprint density at radius 2 is 1.50 bits per heavy atom. The van der Waals surface area contributed by atoms with E-state index in [-0.39, 0.29) is 21.1 Å². The van der Waals surface area contributed by atoms with Crippen LogP contribution in [0.3, 0.4) is 0 Å². The van der Waals surface area contributed by atoms with Crippen LogP contribution in [0.1, 0.15) is 0 Å². The Labute approximate surface area is 74.1 Å². The Kier molecular flexibility index (Phi) is 10.1. The van der Waals surface area contributed by atoms with Crippen molar-refractivity contribution in [1.82, 2.24) is 0 Å². The molecule has 0 saturated heterocycles. The zero-order valence-corrected chi connectivity index (χ0v) is 8.29. The molecule has 1 rings (SSSR count). The first-order chi connectivity index (χ1) is 4.39. The van der Waals surface area contributed by atoms with E-state index in [4.69, 9.17) is 9.90 Å². The van der Waals surface area contributed by atoms with Crippen LogP contribution < -0.4 is 0 Å². The number of carbonyl (C=O) groups is 1. The molecule has 54 valence electrons. The Hall–Kier alpha value is -0.622. The zero-order chi connectivity index (χ0) is 7.11. The van der Waals surface area contributed by atoms with Crippen LogP contribution in [0.4, 0.5) is 0 Å². The first-order valence-electron chi connectivity index (χ1n) is 2.42. The molecule has 0 unspecified atom stereocenters. The van der Waals surface area contributed by atoms with E-state index in [9.17, 15) is 0 Å². The Morgan fingerprint density at radius 3 is 1.70 bits per heavy atom. The normalized spacial score (nSPS) is 6.40. The van der Waals surface area contributed by atoms with Crippen LogP contribution in [-0.2, 0) is 25.9 Å². The van der Waals surface area contributed by atoms with Gasteiger partial charge in [-0.2, -0.15) is 0 Å². The van der Waals surface area contributed by atoms with E-state index in [0.29, 0.717) is 5.75 Å². The Balaban J connectivity index is 0. The number of hydrogen-bond acceptors (Lipinski definition) is 2. The molecule has 0 atom stereocenters. The molecule has 2 nitrogen and oxygen atoms in total. The molecule has 0 saturated carbocycles. The first kappa shape index (κ1) is 12.1. The van der Waals surface area contributed by atoms with Crippen LogP contribution in [-0.4, -0.2) is 11.9 Å². The van der Waals surface area contributed by atoms with Crippen molar-refractivity contribution in [2.45, 2.75) is 0 Å². The number of benzene rings is 1. The molecule has 0 heterocycles. The topological polar surface area (TPSA) is 37.3 Å². The van der Waals surface area contributed by atoms with Crippen molar-refractivity contribution >= 4 is 6.79 Å². The van der Waals surface area contributed by atoms with Crippen molar-refractivity contribution in [2.75, 3.05) is 0 Å². The SMILES string of the molecule is C=O.Oc1ccccc1.[W]. The summed E-state index contributed by atoms with van der Waals surface area (Å²) in [4.78, 5) is 8.00. The first-order valence-corrected chi connectivity index (χ1v) is 2.42. The van der Waals surface area contributed by atoms with Gasteiger partial charge in [0.25, 0.3) is 0 Å². The van der Waals surface area contributed by atoms with Gasteiger partial charge in [0.1, 0.15) is 12.5 Å². The van der Waals surface area contributed by atoms with Crippen LogP contribution in [0.5, 0.6) is 5.75 Å². The van der Waals surface area contributed by atoms with E-state index < -0.39 is 0 Å². The minimum Gasteiger partial charge on any atom is -0.508 e. The van der Waals surface area contributed by atoms with Gasteiger partial charge >= 0.3 is 0 Å². The van der Waals surface area contributed by atoms with Gasteiger partial charge < -0.3 is 9.90 Å². The van der Waals surface area contributed by atoms with Gasteiger partial charge in [-0.1, -0.05) is 18.2 Å². The molecule has 0 fully saturated rings. The summed E-state index contributed by atoms with van der Waals surface area (Å²) in [6.45, 7) is 2.00. The number of phenols is 1. The molecule has 0 radical (unpaired) electrons. The van der Waals surface area contributed by atoms with E-state index in [1.54, 1.807) is 24.3 Å². The second kappa shape index (κ2) is 8.38. The van der Waals surface area contributed by atoms with E-state index in [1.165, 1.54) is 0 Å². The van der Waals surface area contributed by atoms with Crippen molar-refractivity contribution in [3.05, 3.63) is 30.3 Å². The number of para-hydroxylation sites is 1. The third kappa shape index (κ3) is 5.51. The van der Waals surface area contributed by atoms with Crippen LogP contribution in [0, 0.1) is 0 Å². The van der Waals surface area contributed by atoms with Gasteiger partial charge in [-0.25, -0.2) is 0 Å². The van der Waals surface area contributed by atoms with Crippen LogP contribution in [0.25, 0.3) is 0 Å². The maximum atomic E-state index is 8.63. The average Bonchev–Trinajstić information content (AvgIpc) is 1.94. The van der Waals surface area contributed by atoms with Gasteiger partial charge in [0.2, 0.25) is 0 Å². The molecule has 0 spiro atoms. The molecule has 1 aromatic rings. The molecule has 1 aromatic carbocycles. The average molecular weight is 308 g/mol. The van der Waals surface area contributed by atoms with Crippen LogP contribution >= 0.6 is 0 Å². The van der Waals surface area contributed by atoms with Crippen molar-refractivity contribution < 1.29 is 31.0 Å². The molecule has 3 heteroatoms. The third-order valence-corrected chi connectivity index (χ3v) is 0.756. The van der Waals surface area contributed by atoms with E-state index in [2.05, 4.69) is 0 Å². The monoisotopic (exact) mass is 308 g/mol. The smallest absolute Gasteiger partial charge is 0.115 e. The maximum Gasteiger partial charge on any atom is 0.115 e. The minimum atomic E-state index is 0. The third-order valence-electron chi connectivity index (χ3n) is 0.756. The zero-order valence-electron chi connectivity index (χ0n) is 5.36. The number of aromatic hydroxyl groups is 1. The number of hydrogen-bond donors (Lipinski definition) is 1. The minimum absolute atomic E-state index is 0. The molecule has 0 aliphatic rings. The fourth-order valence-corrected chi connectivity index (χ4v) is 0.428. The molecular weight excluding hydrogens is 300 g/mol. The van der Waals surface area contributed by atoms with Crippen LogP contribution in [0.15, 0.2) is 30.3 Å². The summed E-state index contributed by atoms with van der Waals surface area (Å²) >= 11 is 0. The summed E-state index contributed by atoms with van der Waals surface area (Å²) in [5, 5.41) is 8.63. The second-order valence-corrected chi connectivity index (χ2v) is 1.34. The number of carbonyl (C=O) groups excluding carboxylic acids is 1. The fourth-order valence-electron chi connectivity index (χ4n) is 0.428. The largest absolute Gasteiger partial charge is 0.508 e. The summed E-state index contributed by atoms with van der Waals surface area (Å²) in [6, 6.07) is 8.71. The maximum absolute atomic E-state index is 8.63. The predicted molar refractivity (Wildman–Crippen MR) is 35.2 cm³/mol. The van der Waals surface area contributed by atoms with Crippen molar-refractivity contribution in [1.29, 1.82) is 0 Å². The summed E-state index contributed by atoms with van der Waals surface area (Å²) < 4.78 is 0. The van der Waals surface area contributed by atoms with Gasteiger partial charge in [0, 0.05) is 21.1 Å². The van der Waals surface area contributed by atoms with Gasteiger partial charge in [0.15, 0.2) is 0 Å². The van der Waals surface area contributed by atoms with Gasteiger partial charge in [-0.3, -0.25) is 0 Å². The number of phenolic OH excluding ortho intramolecular Hbond substituents is 1.